The van der Waals surface area contributed by atoms with Gasteiger partial charge in [0.2, 0.25) is 0 Å². The first-order valence-electron chi connectivity index (χ1n) is 6.79. The molecule has 0 unspecified atom stereocenters. The SMILES string of the molecule is CCCC[C@](C)(CNCc1ccccc1)OC(N)=O. The van der Waals surface area contributed by atoms with Gasteiger partial charge in [0, 0.05) is 13.1 Å². The molecule has 3 N–H and O–H groups in total. The molecule has 0 aromatic heterocycles. The molecule has 1 amide bonds. The lowest BCUT2D eigenvalue weighted by Gasteiger charge is -2.29. The van der Waals surface area contributed by atoms with Gasteiger partial charge in [0.05, 0.1) is 0 Å². The Morgan fingerprint density at radius 2 is 2.05 bits per heavy atom. The first-order chi connectivity index (χ1) is 9.06. The molecule has 1 rings (SSSR count). The van der Waals surface area contributed by atoms with Crippen molar-refractivity contribution in [2.75, 3.05) is 6.54 Å². The average Bonchev–Trinajstić information content (AvgIpc) is 2.37. The number of unbranched alkanes of at least 4 members (excludes halogenated alkanes) is 1. The first kappa shape index (κ1) is 15.5. The van der Waals surface area contributed by atoms with E-state index in [0.717, 1.165) is 25.8 Å². The third-order valence-electron chi connectivity index (χ3n) is 3.08. The van der Waals surface area contributed by atoms with Gasteiger partial charge < -0.3 is 15.8 Å². The number of hydrogen-bond acceptors (Lipinski definition) is 3. The predicted molar refractivity (Wildman–Crippen MR) is 76.7 cm³/mol. The van der Waals surface area contributed by atoms with Crippen LogP contribution in [0.25, 0.3) is 0 Å². The minimum absolute atomic E-state index is 0.531. The van der Waals surface area contributed by atoms with Crippen molar-refractivity contribution < 1.29 is 9.53 Å². The van der Waals surface area contributed by atoms with Crippen LogP contribution in [0, 0.1) is 0 Å². The van der Waals surface area contributed by atoms with Gasteiger partial charge in [-0.1, -0.05) is 43.7 Å². The molecule has 0 saturated carbocycles. The largest absolute Gasteiger partial charge is 0.442 e. The van der Waals surface area contributed by atoms with Crippen molar-refractivity contribution in [1.82, 2.24) is 5.32 Å². The molecule has 19 heavy (non-hydrogen) atoms. The van der Waals surface area contributed by atoms with E-state index in [1.165, 1.54) is 5.56 Å². The van der Waals surface area contributed by atoms with Crippen molar-refractivity contribution in [3.8, 4) is 0 Å². The molecule has 0 saturated heterocycles. The summed E-state index contributed by atoms with van der Waals surface area (Å²) in [7, 11) is 0. The summed E-state index contributed by atoms with van der Waals surface area (Å²) < 4.78 is 5.25. The molecule has 4 nitrogen and oxygen atoms in total. The summed E-state index contributed by atoms with van der Waals surface area (Å²) in [6.45, 7) is 5.39. The summed E-state index contributed by atoms with van der Waals surface area (Å²) in [6, 6.07) is 10.1. The molecule has 1 atom stereocenters. The lowest BCUT2D eigenvalue weighted by molar-refractivity contribution is 0.0229. The van der Waals surface area contributed by atoms with E-state index >= 15 is 0 Å². The van der Waals surface area contributed by atoms with Crippen LogP contribution in [0.5, 0.6) is 0 Å². The molecule has 0 radical (unpaired) electrons. The van der Waals surface area contributed by atoms with Crippen LogP contribution >= 0.6 is 0 Å². The van der Waals surface area contributed by atoms with E-state index in [4.69, 9.17) is 10.5 Å². The number of carbonyl (C=O) groups is 1. The van der Waals surface area contributed by atoms with Crippen molar-refractivity contribution in [3.63, 3.8) is 0 Å². The zero-order valence-electron chi connectivity index (χ0n) is 11.8. The smallest absolute Gasteiger partial charge is 0.405 e. The zero-order valence-corrected chi connectivity index (χ0v) is 11.8. The molecule has 106 valence electrons. The second-order valence-electron chi connectivity index (χ2n) is 5.06. The van der Waals surface area contributed by atoms with Crippen LogP contribution < -0.4 is 11.1 Å². The quantitative estimate of drug-likeness (QED) is 0.759. The van der Waals surface area contributed by atoms with Gasteiger partial charge in [-0.05, 0) is 25.3 Å². The van der Waals surface area contributed by atoms with Gasteiger partial charge in [-0.2, -0.15) is 0 Å². The Bertz CT molecular complexity index is 381. The van der Waals surface area contributed by atoms with E-state index in [-0.39, 0.29) is 0 Å². The summed E-state index contributed by atoms with van der Waals surface area (Å²) in [6.07, 6.45) is 2.18. The molecular weight excluding hydrogens is 240 g/mol. The van der Waals surface area contributed by atoms with Crippen LogP contribution in [0.15, 0.2) is 30.3 Å². The Balaban J connectivity index is 2.46. The maximum Gasteiger partial charge on any atom is 0.405 e. The molecule has 0 fully saturated rings. The number of carbonyl (C=O) groups excluding carboxylic acids is 1. The number of ether oxygens (including phenoxy) is 1. The molecule has 0 bridgehead atoms. The Morgan fingerprint density at radius 1 is 1.37 bits per heavy atom. The predicted octanol–water partition coefficient (Wildman–Crippen LogP) is 2.82. The second kappa shape index (κ2) is 7.79. The van der Waals surface area contributed by atoms with Gasteiger partial charge >= 0.3 is 6.09 Å². The highest BCUT2D eigenvalue weighted by atomic mass is 16.6. The summed E-state index contributed by atoms with van der Waals surface area (Å²) in [5, 5.41) is 3.32. The Kier molecular flexibility index (Phi) is 6.36. The van der Waals surface area contributed by atoms with E-state index < -0.39 is 11.7 Å². The number of nitrogens with two attached hydrogens (primary N) is 1. The average molecular weight is 264 g/mol. The fourth-order valence-corrected chi connectivity index (χ4v) is 2.04. The second-order valence-corrected chi connectivity index (χ2v) is 5.06. The van der Waals surface area contributed by atoms with Gasteiger partial charge in [-0.25, -0.2) is 4.79 Å². The standard InChI is InChI=1S/C15H24N2O2/c1-3-4-10-15(2,19-14(16)18)12-17-11-13-8-6-5-7-9-13/h5-9,17H,3-4,10-12H2,1-2H3,(H2,16,18)/t15-/m1/s1. The highest BCUT2D eigenvalue weighted by Gasteiger charge is 2.26. The van der Waals surface area contributed by atoms with Crippen LogP contribution in [0.4, 0.5) is 4.79 Å². The first-order valence-corrected chi connectivity index (χ1v) is 6.79. The van der Waals surface area contributed by atoms with Crippen molar-refractivity contribution in [3.05, 3.63) is 35.9 Å². The van der Waals surface area contributed by atoms with Gasteiger partial charge in [0.15, 0.2) is 0 Å². The fraction of sp³-hybridized carbons (Fsp3) is 0.533. The van der Waals surface area contributed by atoms with E-state index in [9.17, 15) is 4.79 Å². The minimum Gasteiger partial charge on any atom is -0.442 e. The van der Waals surface area contributed by atoms with Crippen LogP contribution in [-0.4, -0.2) is 18.2 Å². The van der Waals surface area contributed by atoms with E-state index in [2.05, 4.69) is 24.4 Å². The molecule has 0 aliphatic rings. The molecule has 4 heteroatoms. The number of rotatable bonds is 8. The number of benzene rings is 1. The van der Waals surface area contributed by atoms with Crippen molar-refractivity contribution in [1.29, 1.82) is 0 Å². The number of amides is 1. The van der Waals surface area contributed by atoms with Gasteiger partial charge in [-0.15, -0.1) is 0 Å². The van der Waals surface area contributed by atoms with Crippen molar-refractivity contribution in [2.45, 2.75) is 45.3 Å². The van der Waals surface area contributed by atoms with Crippen LogP contribution in [-0.2, 0) is 11.3 Å². The molecule has 0 aliphatic heterocycles. The Labute approximate surface area is 115 Å². The van der Waals surface area contributed by atoms with Gasteiger partial charge in [-0.3, -0.25) is 0 Å². The lowest BCUT2D eigenvalue weighted by atomic mass is 9.98. The summed E-state index contributed by atoms with van der Waals surface area (Å²) in [5.41, 5.74) is 5.82. The monoisotopic (exact) mass is 264 g/mol. The fourth-order valence-electron chi connectivity index (χ4n) is 2.04. The van der Waals surface area contributed by atoms with Crippen molar-refractivity contribution in [2.24, 2.45) is 5.73 Å². The van der Waals surface area contributed by atoms with Crippen LogP contribution in [0.3, 0.4) is 0 Å². The Hall–Kier alpha value is -1.55. The normalized spacial score (nSPS) is 13.8. The molecule has 1 aromatic rings. The molecule has 0 spiro atoms. The molecular formula is C15H24N2O2. The van der Waals surface area contributed by atoms with Crippen molar-refractivity contribution >= 4 is 6.09 Å². The Morgan fingerprint density at radius 3 is 2.63 bits per heavy atom. The molecule has 0 aliphatic carbocycles. The highest BCUT2D eigenvalue weighted by molar-refractivity contribution is 5.65. The maximum atomic E-state index is 11.0. The highest BCUT2D eigenvalue weighted by Crippen LogP contribution is 2.18. The van der Waals surface area contributed by atoms with Gasteiger partial charge in [0.1, 0.15) is 5.60 Å². The lowest BCUT2D eigenvalue weighted by Crippen LogP contribution is -2.43. The zero-order chi connectivity index (χ0) is 14.1. The number of nitrogens with one attached hydrogen (secondary N) is 1. The number of hydrogen-bond donors (Lipinski definition) is 2. The van der Waals surface area contributed by atoms with Crippen LogP contribution in [0.2, 0.25) is 0 Å². The van der Waals surface area contributed by atoms with Gasteiger partial charge in [0.25, 0.3) is 0 Å². The molecule has 1 aromatic carbocycles. The summed E-state index contributed by atoms with van der Waals surface area (Å²) in [5.74, 6) is 0. The van der Waals surface area contributed by atoms with E-state index in [1.54, 1.807) is 0 Å². The summed E-state index contributed by atoms with van der Waals surface area (Å²) in [4.78, 5) is 11.0. The topological polar surface area (TPSA) is 64.3 Å². The minimum atomic E-state index is -0.708. The van der Waals surface area contributed by atoms with E-state index in [0.29, 0.717) is 6.54 Å². The van der Waals surface area contributed by atoms with Crippen LogP contribution in [0.1, 0.15) is 38.7 Å². The maximum absolute atomic E-state index is 11.0. The number of primary amides is 1. The third kappa shape index (κ3) is 6.25. The third-order valence-corrected chi connectivity index (χ3v) is 3.08. The van der Waals surface area contributed by atoms with E-state index in [1.807, 2.05) is 25.1 Å². The summed E-state index contributed by atoms with van der Waals surface area (Å²) >= 11 is 0. The molecule has 0 heterocycles.